The van der Waals surface area contributed by atoms with Crippen LogP contribution in [-0.2, 0) is 4.79 Å². The second-order valence-electron chi connectivity index (χ2n) is 3.49. The van der Waals surface area contributed by atoms with E-state index in [1.807, 2.05) is 0 Å². The average Bonchev–Trinajstić information content (AvgIpc) is 2.86. The Morgan fingerprint density at radius 3 is 3.05 bits per heavy atom. The van der Waals surface area contributed by atoms with Gasteiger partial charge in [-0.2, -0.15) is 5.26 Å². The topological polar surface area (TPSA) is 98.9 Å². The minimum absolute atomic E-state index is 0.0695. The summed E-state index contributed by atoms with van der Waals surface area (Å²) in [6.07, 6.45) is 0. The van der Waals surface area contributed by atoms with Crippen LogP contribution in [0.4, 0.5) is 15.2 Å². The maximum absolute atomic E-state index is 13.2. The second-order valence-corrected chi connectivity index (χ2v) is 5.69. The first-order valence-corrected chi connectivity index (χ1v) is 7.03. The number of aromatic nitrogens is 2. The normalized spacial score (nSPS) is 10.0. The molecular weight excluding hydrogens is 303 g/mol. The Hall–Kier alpha value is -2.18. The fourth-order valence-electron chi connectivity index (χ4n) is 1.25. The van der Waals surface area contributed by atoms with Gasteiger partial charge in [0.1, 0.15) is 11.9 Å². The Bertz CT molecular complexity index is 683. The van der Waals surface area contributed by atoms with Gasteiger partial charge in [-0.1, -0.05) is 23.1 Å². The van der Waals surface area contributed by atoms with E-state index in [1.54, 1.807) is 6.07 Å². The zero-order valence-corrected chi connectivity index (χ0v) is 11.5. The smallest absolute Gasteiger partial charge is 0.313 e. The van der Waals surface area contributed by atoms with Gasteiger partial charge in [-0.05, 0) is 18.2 Å². The molecule has 2 N–H and O–H groups in total. The van der Waals surface area contributed by atoms with Gasteiger partial charge in [0.25, 0.3) is 0 Å². The van der Waals surface area contributed by atoms with E-state index in [2.05, 4.69) is 15.5 Å². The summed E-state index contributed by atoms with van der Waals surface area (Å²) in [5, 5.41) is 28.3. The Morgan fingerprint density at radius 1 is 1.55 bits per heavy atom. The molecule has 0 saturated heterocycles. The standard InChI is InChI=1S/C11H7FN4O2S2/c12-8-2-1-7(3-6(8)4-13)14-10-15-16-11(20-10)19-5-9(17)18/h1-3H,5H2,(H,14,15)(H,17,18). The first kappa shape index (κ1) is 14.2. The molecule has 0 amide bonds. The summed E-state index contributed by atoms with van der Waals surface area (Å²) in [5.41, 5.74) is 0.439. The van der Waals surface area contributed by atoms with Crippen LogP contribution in [0.5, 0.6) is 0 Å². The number of carboxylic acid groups (broad SMARTS) is 1. The second kappa shape index (κ2) is 6.31. The number of benzene rings is 1. The summed E-state index contributed by atoms with van der Waals surface area (Å²) in [6, 6.07) is 5.76. The van der Waals surface area contributed by atoms with E-state index in [9.17, 15) is 9.18 Å². The Kier molecular flexibility index (Phi) is 4.49. The van der Waals surface area contributed by atoms with Gasteiger partial charge < -0.3 is 10.4 Å². The molecule has 1 aromatic heterocycles. The van der Waals surface area contributed by atoms with Crippen molar-refractivity contribution < 1.29 is 14.3 Å². The van der Waals surface area contributed by atoms with Crippen LogP contribution >= 0.6 is 23.1 Å². The quantitative estimate of drug-likeness (QED) is 0.818. The van der Waals surface area contributed by atoms with Crippen molar-refractivity contribution >= 4 is 39.9 Å². The molecule has 0 bridgehead atoms. The van der Waals surface area contributed by atoms with Crippen LogP contribution in [-0.4, -0.2) is 27.0 Å². The number of carbonyl (C=O) groups is 1. The SMILES string of the molecule is N#Cc1cc(Nc2nnc(SCC(=O)O)s2)ccc1F. The molecule has 0 aliphatic heterocycles. The van der Waals surface area contributed by atoms with Crippen LogP contribution in [0, 0.1) is 17.1 Å². The lowest BCUT2D eigenvalue weighted by Gasteiger charge is -2.02. The molecule has 9 heteroatoms. The van der Waals surface area contributed by atoms with Crippen LogP contribution in [0.1, 0.15) is 5.56 Å². The highest BCUT2D eigenvalue weighted by molar-refractivity contribution is 8.01. The van der Waals surface area contributed by atoms with Gasteiger partial charge in [0.15, 0.2) is 4.34 Å². The molecule has 0 aliphatic rings. The van der Waals surface area contributed by atoms with Crippen LogP contribution in [0.2, 0.25) is 0 Å². The van der Waals surface area contributed by atoms with E-state index in [1.165, 1.54) is 29.5 Å². The van der Waals surface area contributed by atoms with Gasteiger partial charge in [-0.3, -0.25) is 4.79 Å². The fourth-order valence-corrected chi connectivity index (χ4v) is 2.75. The number of thioether (sulfide) groups is 1. The maximum atomic E-state index is 13.2. The molecule has 20 heavy (non-hydrogen) atoms. The molecule has 0 unspecified atom stereocenters. The number of nitrogens with zero attached hydrogens (tertiary/aromatic N) is 3. The van der Waals surface area contributed by atoms with Gasteiger partial charge >= 0.3 is 5.97 Å². The molecule has 0 atom stereocenters. The third-order valence-corrected chi connectivity index (χ3v) is 4.02. The molecule has 102 valence electrons. The lowest BCUT2D eigenvalue weighted by molar-refractivity contribution is -0.133. The summed E-state index contributed by atoms with van der Waals surface area (Å²) in [5.74, 6) is -1.62. The minimum atomic E-state index is -0.933. The summed E-state index contributed by atoms with van der Waals surface area (Å²) >= 11 is 2.24. The highest BCUT2D eigenvalue weighted by Gasteiger charge is 2.08. The fraction of sp³-hybridized carbons (Fsp3) is 0.0909. The molecule has 1 heterocycles. The number of anilines is 2. The third-order valence-electron chi connectivity index (χ3n) is 2.06. The van der Waals surface area contributed by atoms with Crippen molar-refractivity contribution in [3.63, 3.8) is 0 Å². The number of hydrogen-bond acceptors (Lipinski definition) is 7. The Balaban J connectivity index is 2.07. The number of hydrogen-bond donors (Lipinski definition) is 2. The molecule has 0 spiro atoms. The number of nitriles is 1. The van der Waals surface area contributed by atoms with Crippen molar-refractivity contribution in [1.82, 2.24) is 10.2 Å². The first-order valence-electron chi connectivity index (χ1n) is 5.23. The minimum Gasteiger partial charge on any atom is -0.481 e. The number of rotatable bonds is 5. The number of nitrogens with one attached hydrogen (secondary N) is 1. The average molecular weight is 310 g/mol. The molecule has 0 saturated carbocycles. The maximum Gasteiger partial charge on any atom is 0.313 e. The van der Waals surface area contributed by atoms with Gasteiger partial charge in [0.2, 0.25) is 5.13 Å². The highest BCUT2D eigenvalue weighted by Crippen LogP contribution is 2.27. The van der Waals surface area contributed by atoms with E-state index in [0.29, 0.717) is 15.2 Å². The third kappa shape index (κ3) is 3.66. The lowest BCUT2D eigenvalue weighted by Crippen LogP contribution is -1.96. The van der Waals surface area contributed by atoms with E-state index >= 15 is 0 Å². The van der Waals surface area contributed by atoms with Crippen molar-refractivity contribution in [2.75, 3.05) is 11.1 Å². The molecule has 0 radical (unpaired) electrons. The Morgan fingerprint density at radius 2 is 2.35 bits per heavy atom. The number of halogens is 1. The van der Waals surface area contributed by atoms with Crippen LogP contribution < -0.4 is 5.32 Å². The first-order chi connectivity index (χ1) is 9.58. The van der Waals surface area contributed by atoms with Crippen LogP contribution in [0.25, 0.3) is 0 Å². The summed E-state index contributed by atoms with van der Waals surface area (Å²) in [6.45, 7) is 0. The van der Waals surface area contributed by atoms with Crippen LogP contribution in [0.3, 0.4) is 0 Å². The molecule has 2 rings (SSSR count). The van der Waals surface area contributed by atoms with E-state index in [4.69, 9.17) is 10.4 Å². The monoisotopic (exact) mass is 310 g/mol. The number of aliphatic carboxylic acids is 1. The van der Waals surface area contributed by atoms with Crippen molar-refractivity contribution in [2.45, 2.75) is 4.34 Å². The largest absolute Gasteiger partial charge is 0.481 e. The summed E-state index contributed by atoms with van der Waals surface area (Å²) < 4.78 is 13.7. The lowest BCUT2D eigenvalue weighted by atomic mass is 10.2. The molecule has 6 nitrogen and oxygen atoms in total. The van der Waals surface area contributed by atoms with Gasteiger partial charge in [-0.25, -0.2) is 4.39 Å². The zero-order valence-electron chi connectivity index (χ0n) is 9.83. The summed E-state index contributed by atoms with van der Waals surface area (Å²) in [7, 11) is 0. The summed E-state index contributed by atoms with van der Waals surface area (Å²) in [4.78, 5) is 10.4. The van der Waals surface area contributed by atoms with Crippen molar-refractivity contribution in [3.05, 3.63) is 29.6 Å². The highest BCUT2D eigenvalue weighted by atomic mass is 32.2. The van der Waals surface area contributed by atoms with E-state index < -0.39 is 11.8 Å². The molecule has 0 aliphatic carbocycles. The van der Waals surface area contributed by atoms with Crippen molar-refractivity contribution in [1.29, 1.82) is 5.26 Å². The molecule has 1 aromatic carbocycles. The predicted octanol–water partition coefficient (Wildman–Crippen LogP) is 2.47. The van der Waals surface area contributed by atoms with Crippen molar-refractivity contribution in [2.24, 2.45) is 0 Å². The number of carboxylic acids is 1. The zero-order chi connectivity index (χ0) is 14.5. The molecular formula is C11H7FN4O2S2. The molecule has 0 fully saturated rings. The van der Waals surface area contributed by atoms with E-state index in [-0.39, 0.29) is 11.3 Å². The molecule has 2 aromatic rings. The van der Waals surface area contributed by atoms with Crippen LogP contribution in [0.15, 0.2) is 22.5 Å². The van der Waals surface area contributed by atoms with Gasteiger partial charge in [0.05, 0.1) is 11.3 Å². The Labute approximate surface area is 121 Å². The van der Waals surface area contributed by atoms with E-state index in [0.717, 1.165) is 11.8 Å². The van der Waals surface area contributed by atoms with Crippen molar-refractivity contribution in [3.8, 4) is 6.07 Å². The van der Waals surface area contributed by atoms with Gasteiger partial charge in [-0.15, -0.1) is 10.2 Å². The van der Waals surface area contributed by atoms with Gasteiger partial charge in [0, 0.05) is 5.69 Å². The predicted molar refractivity (Wildman–Crippen MR) is 72.7 cm³/mol.